The number of carbonyl (C=O) groups is 1. The second kappa shape index (κ2) is 4.92. The summed E-state index contributed by atoms with van der Waals surface area (Å²) in [5.74, 6) is -2.99. The molecule has 2 rings (SSSR count). The molecule has 1 fully saturated rings. The third-order valence-corrected chi connectivity index (χ3v) is 3.40. The monoisotopic (exact) mass is 289 g/mol. The van der Waals surface area contributed by atoms with Crippen LogP contribution in [-0.4, -0.2) is 29.9 Å². The molecule has 0 unspecified atom stereocenters. The average Bonchev–Trinajstić information content (AvgIpc) is 2.26. The van der Waals surface area contributed by atoms with Crippen molar-refractivity contribution in [2.24, 2.45) is 5.73 Å². The summed E-state index contributed by atoms with van der Waals surface area (Å²) in [4.78, 5) is 17.2. The third kappa shape index (κ3) is 2.94. The first-order valence-corrected chi connectivity index (χ1v) is 6.28. The number of halogens is 3. The highest BCUT2D eigenvalue weighted by Gasteiger charge is 2.35. The van der Waals surface area contributed by atoms with Gasteiger partial charge in [0.2, 0.25) is 0 Å². The minimum Gasteiger partial charge on any atom is -0.365 e. The summed E-state index contributed by atoms with van der Waals surface area (Å²) in [6, 6.07) is 1.53. The van der Waals surface area contributed by atoms with Gasteiger partial charge >= 0.3 is 0 Å². The molecule has 4 nitrogen and oxygen atoms in total. The minimum atomic E-state index is -2.66. The maximum atomic E-state index is 13.1. The summed E-state index contributed by atoms with van der Waals surface area (Å²) in [6.45, 7) is 1.94. The van der Waals surface area contributed by atoms with Crippen LogP contribution in [0.4, 0.5) is 14.6 Å². The third-order valence-electron chi connectivity index (χ3n) is 3.21. The van der Waals surface area contributed by atoms with Crippen molar-refractivity contribution in [2.45, 2.75) is 25.7 Å². The first-order valence-electron chi connectivity index (χ1n) is 5.90. The van der Waals surface area contributed by atoms with Gasteiger partial charge in [0, 0.05) is 25.9 Å². The van der Waals surface area contributed by atoms with E-state index >= 15 is 0 Å². The molecule has 0 bridgehead atoms. The van der Waals surface area contributed by atoms with E-state index < -0.39 is 11.8 Å². The van der Waals surface area contributed by atoms with Crippen LogP contribution < -0.4 is 10.6 Å². The van der Waals surface area contributed by atoms with E-state index in [9.17, 15) is 13.6 Å². The van der Waals surface area contributed by atoms with Crippen molar-refractivity contribution in [3.63, 3.8) is 0 Å². The Morgan fingerprint density at radius 2 is 2.05 bits per heavy atom. The summed E-state index contributed by atoms with van der Waals surface area (Å²) in [5.41, 5.74) is 6.17. The van der Waals surface area contributed by atoms with Gasteiger partial charge in [-0.25, -0.2) is 13.8 Å². The smallest absolute Gasteiger partial charge is 0.252 e. The number of alkyl halides is 2. The highest BCUT2D eigenvalue weighted by molar-refractivity contribution is 6.29. The summed E-state index contributed by atoms with van der Waals surface area (Å²) in [6.07, 6.45) is -0.531. The number of hydrogen-bond acceptors (Lipinski definition) is 3. The number of aryl methyl sites for hydroxylation is 1. The number of primary amides is 1. The Kier molecular flexibility index (Phi) is 3.62. The quantitative estimate of drug-likeness (QED) is 0.851. The van der Waals surface area contributed by atoms with E-state index in [1.165, 1.54) is 6.07 Å². The van der Waals surface area contributed by atoms with Crippen molar-refractivity contribution >= 4 is 23.3 Å². The van der Waals surface area contributed by atoms with Gasteiger partial charge in [-0.3, -0.25) is 4.79 Å². The second-order valence-corrected chi connectivity index (χ2v) is 5.05. The lowest BCUT2D eigenvalue weighted by Gasteiger charge is -2.33. The number of nitrogens with zero attached hydrogens (tertiary/aromatic N) is 2. The van der Waals surface area contributed by atoms with Crippen LogP contribution in [0.5, 0.6) is 0 Å². The maximum absolute atomic E-state index is 13.1. The molecule has 0 spiro atoms. The largest absolute Gasteiger partial charge is 0.365 e. The van der Waals surface area contributed by atoms with Crippen LogP contribution in [-0.2, 0) is 0 Å². The number of aromatic nitrogens is 1. The van der Waals surface area contributed by atoms with E-state index in [0.717, 1.165) is 0 Å². The number of pyridine rings is 1. The number of carbonyl (C=O) groups excluding carboxylic acids is 1. The lowest BCUT2D eigenvalue weighted by molar-refractivity contribution is -0.0221. The number of piperidine rings is 1. The average molecular weight is 290 g/mol. The van der Waals surface area contributed by atoms with Gasteiger partial charge in [0.25, 0.3) is 11.8 Å². The highest BCUT2D eigenvalue weighted by atomic mass is 35.5. The standard InChI is InChI=1S/C12H14ClF2N3O/c1-7-6-8(13)17-11(9(7)10(16)19)18-4-2-12(14,15)3-5-18/h6H,2-5H2,1H3,(H2,16,19). The fourth-order valence-corrected chi connectivity index (χ4v) is 2.44. The number of rotatable bonds is 2. The van der Waals surface area contributed by atoms with E-state index in [2.05, 4.69) is 4.98 Å². The van der Waals surface area contributed by atoms with Crippen LogP contribution in [0.1, 0.15) is 28.8 Å². The molecule has 0 aromatic carbocycles. The zero-order valence-corrected chi connectivity index (χ0v) is 11.2. The van der Waals surface area contributed by atoms with E-state index in [4.69, 9.17) is 17.3 Å². The lowest BCUT2D eigenvalue weighted by Crippen LogP contribution is -2.40. The molecule has 7 heteroatoms. The second-order valence-electron chi connectivity index (χ2n) is 4.67. The van der Waals surface area contributed by atoms with Crippen molar-refractivity contribution in [1.82, 2.24) is 4.98 Å². The molecule has 1 aliphatic rings. The van der Waals surface area contributed by atoms with E-state index in [1.54, 1.807) is 11.8 Å². The van der Waals surface area contributed by atoms with Crippen LogP contribution in [0.25, 0.3) is 0 Å². The van der Waals surface area contributed by atoms with E-state index in [-0.39, 0.29) is 36.6 Å². The Hall–Kier alpha value is -1.43. The fourth-order valence-electron chi connectivity index (χ4n) is 2.20. The fraction of sp³-hybridized carbons (Fsp3) is 0.500. The summed E-state index contributed by atoms with van der Waals surface area (Å²) in [7, 11) is 0. The van der Waals surface area contributed by atoms with Gasteiger partial charge < -0.3 is 10.6 Å². The van der Waals surface area contributed by atoms with Crippen molar-refractivity contribution < 1.29 is 13.6 Å². The first-order chi connectivity index (χ1) is 8.80. The molecule has 2 N–H and O–H groups in total. The van der Waals surface area contributed by atoms with E-state index in [1.807, 2.05) is 0 Å². The van der Waals surface area contributed by atoms with Gasteiger partial charge in [-0.15, -0.1) is 0 Å². The van der Waals surface area contributed by atoms with Gasteiger partial charge in [0.15, 0.2) is 0 Å². The number of anilines is 1. The van der Waals surface area contributed by atoms with E-state index in [0.29, 0.717) is 11.4 Å². The van der Waals surface area contributed by atoms with Gasteiger partial charge in [-0.1, -0.05) is 11.6 Å². The molecular formula is C12H14ClF2N3O. The Bertz CT molecular complexity index is 512. The molecule has 0 aliphatic carbocycles. The molecule has 19 heavy (non-hydrogen) atoms. The van der Waals surface area contributed by atoms with Gasteiger partial charge in [-0.2, -0.15) is 0 Å². The molecule has 0 atom stereocenters. The van der Waals surface area contributed by atoms with Gasteiger partial charge in [0.05, 0.1) is 5.56 Å². The highest BCUT2D eigenvalue weighted by Crippen LogP contribution is 2.32. The van der Waals surface area contributed by atoms with Crippen molar-refractivity contribution in [1.29, 1.82) is 0 Å². The summed E-state index contributed by atoms with van der Waals surface area (Å²) >= 11 is 5.86. The molecule has 1 amide bonds. The number of nitrogens with two attached hydrogens (primary N) is 1. The van der Waals surface area contributed by atoms with Gasteiger partial charge in [-0.05, 0) is 18.6 Å². The summed E-state index contributed by atoms with van der Waals surface area (Å²) < 4.78 is 26.3. The molecular weight excluding hydrogens is 276 g/mol. The van der Waals surface area contributed by atoms with Crippen LogP contribution in [0.3, 0.4) is 0 Å². The molecule has 0 radical (unpaired) electrons. The van der Waals surface area contributed by atoms with Crippen molar-refractivity contribution in [3.8, 4) is 0 Å². The molecule has 1 aromatic rings. The molecule has 1 aromatic heterocycles. The van der Waals surface area contributed by atoms with Crippen LogP contribution >= 0.6 is 11.6 Å². The number of amides is 1. The zero-order valence-electron chi connectivity index (χ0n) is 10.4. The molecule has 104 valence electrons. The predicted molar refractivity (Wildman–Crippen MR) is 68.9 cm³/mol. The predicted octanol–water partition coefficient (Wildman–Crippen LogP) is 2.38. The Morgan fingerprint density at radius 3 is 2.58 bits per heavy atom. The lowest BCUT2D eigenvalue weighted by atomic mass is 10.0. The summed E-state index contributed by atoms with van der Waals surface area (Å²) in [5, 5.41) is 0.217. The topological polar surface area (TPSA) is 59.2 Å². The van der Waals surface area contributed by atoms with Gasteiger partial charge in [0.1, 0.15) is 11.0 Å². The minimum absolute atomic E-state index is 0.125. The molecule has 0 saturated carbocycles. The maximum Gasteiger partial charge on any atom is 0.252 e. The zero-order chi connectivity index (χ0) is 14.2. The molecule has 1 aliphatic heterocycles. The molecule has 1 saturated heterocycles. The SMILES string of the molecule is Cc1cc(Cl)nc(N2CCC(F)(F)CC2)c1C(N)=O. The molecule has 2 heterocycles. The Balaban J connectivity index is 2.37. The van der Waals surface area contributed by atoms with Crippen molar-refractivity contribution in [3.05, 3.63) is 22.3 Å². The Morgan fingerprint density at radius 1 is 1.47 bits per heavy atom. The number of hydrogen-bond donors (Lipinski definition) is 1. The Labute approximate surface area is 114 Å². The van der Waals surface area contributed by atoms with Crippen LogP contribution in [0, 0.1) is 6.92 Å². The van der Waals surface area contributed by atoms with Crippen molar-refractivity contribution in [2.75, 3.05) is 18.0 Å². The first kappa shape index (κ1) is 14.0. The normalized spacial score (nSPS) is 18.4. The van der Waals surface area contributed by atoms with Crippen LogP contribution in [0.15, 0.2) is 6.07 Å². The van der Waals surface area contributed by atoms with Crippen LogP contribution in [0.2, 0.25) is 5.15 Å².